The van der Waals surface area contributed by atoms with E-state index in [1.807, 2.05) is 13.0 Å². The highest BCUT2D eigenvalue weighted by Crippen LogP contribution is 2.23. The van der Waals surface area contributed by atoms with E-state index in [1.165, 1.54) is 0 Å². The fourth-order valence-electron chi connectivity index (χ4n) is 2.33. The Bertz CT molecular complexity index is 389. The standard InChI is InChI=1S/C13H22N4O/c1-3-14-12-8-13(16-10(2)15-12)17-6-4-11(9-18)5-7-17/h8,11,18H,3-7,9H2,1-2H3,(H,14,15,16). The molecule has 18 heavy (non-hydrogen) atoms. The van der Waals surface area contributed by atoms with Crippen LogP contribution in [0.2, 0.25) is 0 Å². The Balaban J connectivity index is 2.08. The minimum absolute atomic E-state index is 0.305. The summed E-state index contributed by atoms with van der Waals surface area (Å²) in [7, 11) is 0. The predicted octanol–water partition coefficient (Wildman–Crippen LogP) is 1.43. The van der Waals surface area contributed by atoms with Gasteiger partial charge in [-0.3, -0.25) is 0 Å². The Morgan fingerprint density at radius 3 is 2.72 bits per heavy atom. The van der Waals surface area contributed by atoms with E-state index in [1.54, 1.807) is 0 Å². The summed E-state index contributed by atoms with van der Waals surface area (Å²) in [5.74, 6) is 3.14. The maximum Gasteiger partial charge on any atom is 0.134 e. The molecule has 0 spiro atoms. The second kappa shape index (κ2) is 6.00. The van der Waals surface area contributed by atoms with Crippen molar-refractivity contribution in [2.24, 2.45) is 5.92 Å². The number of hydrogen-bond acceptors (Lipinski definition) is 5. The van der Waals surface area contributed by atoms with Crippen LogP contribution in [0.4, 0.5) is 11.6 Å². The highest BCUT2D eigenvalue weighted by Gasteiger charge is 2.20. The van der Waals surface area contributed by atoms with E-state index in [0.717, 1.165) is 49.9 Å². The zero-order chi connectivity index (χ0) is 13.0. The van der Waals surface area contributed by atoms with E-state index in [-0.39, 0.29) is 0 Å². The quantitative estimate of drug-likeness (QED) is 0.846. The van der Waals surface area contributed by atoms with Crippen LogP contribution in [-0.2, 0) is 0 Å². The minimum atomic E-state index is 0.305. The third-order valence-electron chi connectivity index (χ3n) is 3.38. The van der Waals surface area contributed by atoms with Crippen LogP contribution in [0, 0.1) is 12.8 Å². The Morgan fingerprint density at radius 2 is 2.11 bits per heavy atom. The number of hydrogen-bond donors (Lipinski definition) is 2. The Hall–Kier alpha value is -1.36. The lowest BCUT2D eigenvalue weighted by atomic mass is 9.98. The van der Waals surface area contributed by atoms with Crippen LogP contribution in [0.1, 0.15) is 25.6 Å². The largest absolute Gasteiger partial charge is 0.396 e. The highest BCUT2D eigenvalue weighted by atomic mass is 16.3. The maximum atomic E-state index is 9.15. The summed E-state index contributed by atoms with van der Waals surface area (Å²) in [5.41, 5.74) is 0. The van der Waals surface area contributed by atoms with Crippen molar-refractivity contribution < 1.29 is 5.11 Å². The van der Waals surface area contributed by atoms with Crippen molar-refractivity contribution in [2.45, 2.75) is 26.7 Å². The summed E-state index contributed by atoms with van der Waals surface area (Å²) >= 11 is 0. The fraction of sp³-hybridized carbons (Fsp3) is 0.692. The summed E-state index contributed by atoms with van der Waals surface area (Å²) < 4.78 is 0. The molecule has 0 amide bonds. The first kappa shape index (κ1) is 13.1. The van der Waals surface area contributed by atoms with Crippen molar-refractivity contribution in [1.82, 2.24) is 9.97 Å². The van der Waals surface area contributed by atoms with Crippen LogP contribution in [-0.4, -0.2) is 41.3 Å². The number of rotatable bonds is 4. The molecule has 1 saturated heterocycles. The average molecular weight is 250 g/mol. The molecule has 1 aromatic rings. The van der Waals surface area contributed by atoms with Crippen molar-refractivity contribution in [3.05, 3.63) is 11.9 Å². The molecule has 0 aromatic carbocycles. The average Bonchev–Trinajstić information content (AvgIpc) is 2.38. The van der Waals surface area contributed by atoms with E-state index in [9.17, 15) is 0 Å². The molecule has 0 atom stereocenters. The van der Waals surface area contributed by atoms with Gasteiger partial charge in [0, 0.05) is 32.3 Å². The first-order valence-corrected chi connectivity index (χ1v) is 6.68. The first-order chi connectivity index (χ1) is 8.72. The van der Waals surface area contributed by atoms with Gasteiger partial charge < -0.3 is 15.3 Å². The van der Waals surface area contributed by atoms with Gasteiger partial charge in [0.2, 0.25) is 0 Å². The summed E-state index contributed by atoms with van der Waals surface area (Å²) in [5, 5.41) is 12.4. The second-order valence-corrected chi connectivity index (χ2v) is 4.80. The lowest BCUT2D eigenvalue weighted by molar-refractivity contribution is 0.203. The summed E-state index contributed by atoms with van der Waals surface area (Å²) in [4.78, 5) is 11.1. The molecule has 5 heteroatoms. The third-order valence-corrected chi connectivity index (χ3v) is 3.38. The van der Waals surface area contributed by atoms with Gasteiger partial charge in [0.15, 0.2) is 0 Å². The zero-order valence-electron chi connectivity index (χ0n) is 11.2. The fourth-order valence-corrected chi connectivity index (χ4v) is 2.33. The molecule has 2 heterocycles. The molecule has 0 aliphatic carbocycles. The second-order valence-electron chi connectivity index (χ2n) is 4.80. The third kappa shape index (κ3) is 3.10. The summed E-state index contributed by atoms with van der Waals surface area (Å²) in [6, 6.07) is 2.01. The highest BCUT2D eigenvalue weighted by molar-refractivity contribution is 5.49. The molecular weight excluding hydrogens is 228 g/mol. The predicted molar refractivity (Wildman–Crippen MR) is 73.0 cm³/mol. The number of nitrogens with one attached hydrogen (secondary N) is 1. The lowest BCUT2D eigenvalue weighted by Gasteiger charge is -2.32. The number of aryl methyl sites for hydroxylation is 1. The van der Waals surface area contributed by atoms with E-state index < -0.39 is 0 Å². The van der Waals surface area contributed by atoms with Crippen molar-refractivity contribution in [1.29, 1.82) is 0 Å². The van der Waals surface area contributed by atoms with Gasteiger partial charge in [0.05, 0.1) is 0 Å². The number of aromatic nitrogens is 2. The van der Waals surface area contributed by atoms with Gasteiger partial charge in [-0.1, -0.05) is 0 Å². The van der Waals surface area contributed by atoms with E-state index in [0.29, 0.717) is 12.5 Å². The van der Waals surface area contributed by atoms with Crippen LogP contribution in [0.3, 0.4) is 0 Å². The van der Waals surface area contributed by atoms with Crippen molar-refractivity contribution in [2.75, 3.05) is 36.5 Å². The van der Waals surface area contributed by atoms with Gasteiger partial charge in [0.1, 0.15) is 17.5 Å². The molecule has 1 aliphatic heterocycles. The molecule has 2 N–H and O–H groups in total. The number of aliphatic hydroxyl groups is 1. The van der Waals surface area contributed by atoms with Gasteiger partial charge in [-0.25, -0.2) is 9.97 Å². The molecule has 0 radical (unpaired) electrons. The van der Waals surface area contributed by atoms with Crippen molar-refractivity contribution in [3.8, 4) is 0 Å². The lowest BCUT2D eigenvalue weighted by Crippen LogP contribution is -2.35. The number of anilines is 2. The molecule has 0 saturated carbocycles. The van der Waals surface area contributed by atoms with Crippen LogP contribution in [0.25, 0.3) is 0 Å². The van der Waals surface area contributed by atoms with E-state index in [4.69, 9.17) is 5.11 Å². The van der Waals surface area contributed by atoms with E-state index >= 15 is 0 Å². The topological polar surface area (TPSA) is 61.3 Å². The Kier molecular flexibility index (Phi) is 4.36. The molecule has 2 rings (SSSR count). The monoisotopic (exact) mass is 250 g/mol. The molecule has 0 unspecified atom stereocenters. The van der Waals surface area contributed by atoms with Crippen LogP contribution in [0.5, 0.6) is 0 Å². The SMILES string of the molecule is CCNc1cc(N2CCC(CO)CC2)nc(C)n1. The van der Waals surface area contributed by atoms with Crippen LogP contribution >= 0.6 is 0 Å². The first-order valence-electron chi connectivity index (χ1n) is 6.68. The molecule has 1 aromatic heterocycles. The molecule has 1 fully saturated rings. The number of aliphatic hydroxyl groups excluding tert-OH is 1. The number of nitrogens with zero attached hydrogens (tertiary/aromatic N) is 3. The molecule has 0 bridgehead atoms. The van der Waals surface area contributed by atoms with Crippen LogP contribution < -0.4 is 10.2 Å². The summed E-state index contributed by atoms with van der Waals surface area (Å²) in [6.45, 7) is 7.08. The minimum Gasteiger partial charge on any atom is -0.396 e. The molecule has 5 nitrogen and oxygen atoms in total. The van der Waals surface area contributed by atoms with Crippen molar-refractivity contribution in [3.63, 3.8) is 0 Å². The maximum absolute atomic E-state index is 9.15. The van der Waals surface area contributed by atoms with Gasteiger partial charge in [-0.15, -0.1) is 0 Å². The summed E-state index contributed by atoms with van der Waals surface area (Å²) in [6.07, 6.45) is 2.08. The van der Waals surface area contributed by atoms with Gasteiger partial charge >= 0.3 is 0 Å². The smallest absolute Gasteiger partial charge is 0.134 e. The zero-order valence-corrected chi connectivity index (χ0v) is 11.2. The van der Waals surface area contributed by atoms with Gasteiger partial charge in [-0.05, 0) is 32.6 Å². The molecule has 1 aliphatic rings. The number of piperidine rings is 1. The Labute approximate surface area is 108 Å². The van der Waals surface area contributed by atoms with Gasteiger partial charge in [0.25, 0.3) is 0 Å². The van der Waals surface area contributed by atoms with Crippen molar-refractivity contribution >= 4 is 11.6 Å². The van der Waals surface area contributed by atoms with Crippen LogP contribution in [0.15, 0.2) is 6.07 Å². The Morgan fingerprint density at radius 1 is 1.39 bits per heavy atom. The van der Waals surface area contributed by atoms with Gasteiger partial charge in [-0.2, -0.15) is 0 Å². The van der Waals surface area contributed by atoms with E-state index in [2.05, 4.69) is 27.1 Å². The normalized spacial score (nSPS) is 16.9. The molecule has 100 valence electrons. The molecular formula is C13H22N4O.